The van der Waals surface area contributed by atoms with Gasteiger partial charge in [0.2, 0.25) is 5.91 Å². The number of rotatable bonds is 4. The molecule has 6 nitrogen and oxygen atoms in total. The van der Waals surface area contributed by atoms with Gasteiger partial charge in [-0.05, 0) is 44.0 Å². The first-order valence-electron chi connectivity index (χ1n) is 8.60. The van der Waals surface area contributed by atoms with Crippen LogP contribution in [0.25, 0.3) is 16.6 Å². The highest BCUT2D eigenvalue weighted by Gasteiger charge is 2.18. The third-order valence-corrected chi connectivity index (χ3v) is 4.80. The van der Waals surface area contributed by atoms with Gasteiger partial charge in [-0.3, -0.25) is 9.20 Å². The average Bonchev–Trinajstić information content (AvgIpc) is 3.22. The largest absolute Gasteiger partial charge is 0.464 e. The summed E-state index contributed by atoms with van der Waals surface area (Å²) in [6.07, 6.45) is 3.83. The van der Waals surface area contributed by atoms with Crippen LogP contribution in [0.1, 0.15) is 35.5 Å². The van der Waals surface area contributed by atoms with Gasteiger partial charge in [0, 0.05) is 17.1 Å². The van der Waals surface area contributed by atoms with Gasteiger partial charge in [-0.25, -0.2) is 0 Å². The van der Waals surface area contributed by atoms with Crippen molar-refractivity contribution in [2.75, 3.05) is 0 Å². The molecule has 0 bridgehead atoms. The van der Waals surface area contributed by atoms with Crippen molar-refractivity contribution in [3.05, 3.63) is 65.3 Å². The minimum atomic E-state index is -0.248. The number of aryl methyl sites for hydroxylation is 2. The van der Waals surface area contributed by atoms with E-state index >= 15 is 0 Å². The molecule has 6 heteroatoms. The Kier molecular flexibility index (Phi) is 3.95. The normalized spacial score (nSPS) is 12.6. The Morgan fingerprint density at radius 1 is 1.23 bits per heavy atom. The van der Waals surface area contributed by atoms with Crippen LogP contribution in [0.5, 0.6) is 0 Å². The number of aromatic nitrogens is 3. The standard InChI is InChI=1S/C20H20N4O2/c1-12-7-8-16-15(11-26-19(16)13(12)2)10-18(25)21-14(3)20-23-22-17-6-4-5-9-24(17)20/h4-9,11,14H,10H2,1-3H3,(H,21,25)/t14-/m1/s1. The first-order chi connectivity index (χ1) is 12.5. The van der Waals surface area contributed by atoms with E-state index in [0.29, 0.717) is 5.82 Å². The van der Waals surface area contributed by atoms with Gasteiger partial charge in [0.25, 0.3) is 0 Å². The number of fused-ring (bicyclic) bond motifs is 2. The molecule has 1 N–H and O–H groups in total. The highest BCUT2D eigenvalue weighted by Crippen LogP contribution is 2.27. The fourth-order valence-electron chi connectivity index (χ4n) is 3.21. The highest BCUT2D eigenvalue weighted by molar-refractivity contribution is 5.89. The van der Waals surface area contributed by atoms with Crippen LogP contribution in [0.15, 0.2) is 47.2 Å². The lowest BCUT2D eigenvalue weighted by molar-refractivity contribution is -0.121. The van der Waals surface area contributed by atoms with E-state index in [4.69, 9.17) is 4.42 Å². The monoisotopic (exact) mass is 348 g/mol. The number of furan rings is 1. The Morgan fingerprint density at radius 3 is 2.92 bits per heavy atom. The van der Waals surface area contributed by atoms with E-state index in [9.17, 15) is 4.79 Å². The van der Waals surface area contributed by atoms with Crippen LogP contribution in [0.4, 0.5) is 0 Å². The highest BCUT2D eigenvalue weighted by atomic mass is 16.3. The molecule has 1 aromatic carbocycles. The summed E-state index contributed by atoms with van der Waals surface area (Å²) in [5.74, 6) is 0.628. The smallest absolute Gasteiger partial charge is 0.225 e. The van der Waals surface area contributed by atoms with Gasteiger partial charge in [-0.1, -0.05) is 18.2 Å². The van der Waals surface area contributed by atoms with Crippen molar-refractivity contribution in [1.82, 2.24) is 19.9 Å². The summed E-state index contributed by atoms with van der Waals surface area (Å²) in [5.41, 5.74) is 4.78. The molecule has 0 fully saturated rings. The number of amides is 1. The Morgan fingerprint density at radius 2 is 2.08 bits per heavy atom. The summed E-state index contributed by atoms with van der Waals surface area (Å²) in [4.78, 5) is 12.5. The maximum atomic E-state index is 12.5. The maximum absolute atomic E-state index is 12.5. The first-order valence-corrected chi connectivity index (χ1v) is 8.60. The van der Waals surface area contributed by atoms with Crippen LogP contribution < -0.4 is 5.32 Å². The van der Waals surface area contributed by atoms with E-state index in [1.165, 1.54) is 5.56 Å². The van der Waals surface area contributed by atoms with E-state index < -0.39 is 0 Å². The Bertz CT molecular complexity index is 1110. The van der Waals surface area contributed by atoms with Crippen LogP contribution >= 0.6 is 0 Å². The summed E-state index contributed by atoms with van der Waals surface area (Å²) in [5, 5.41) is 12.3. The van der Waals surface area contributed by atoms with Crippen molar-refractivity contribution >= 4 is 22.5 Å². The minimum Gasteiger partial charge on any atom is -0.464 e. The quantitative estimate of drug-likeness (QED) is 0.612. The molecule has 1 amide bonds. The number of hydrogen-bond acceptors (Lipinski definition) is 4. The molecular weight excluding hydrogens is 328 g/mol. The first kappa shape index (κ1) is 16.3. The Hall–Kier alpha value is -3.15. The van der Waals surface area contributed by atoms with Crippen LogP contribution in [0.3, 0.4) is 0 Å². The third-order valence-electron chi connectivity index (χ3n) is 4.80. The van der Waals surface area contributed by atoms with Crippen molar-refractivity contribution in [3.8, 4) is 0 Å². The van der Waals surface area contributed by atoms with Gasteiger partial charge in [0.05, 0.1) is 18.7 Å². The number of carbonyl (C=O) groups excluding carboxylic acids is 1. The predicted octanol–water partition coefficient (Wildman–Crippen LogP) is 3.51. The lowest BCUT2D eigenvalue weighted by Gasteiger charge is -2.12. The number of benzene rings is 1. The Balaban J connectivity index is 1.53. The van der Waals surface area contributed by atoms with Gasteiger partial charge in [-0.15, -0.1) is 10.2 Å². The van der Waals surface area contributed by atoms with Gasteiger partial charge >= 0.3 is 0 Å². The summed E-state index contributed by atoms with van der Waals surface area (Å²) in [7, 11) is 0. The molecule has 0 unspecified atom stereocenters. The van der Waals surface area contributed by atoms with Crippen molar-refractivity contribution in [2.45, 2.75) is 33.2 Å². The zero-order chi connectivity index (χ0) is 18.3. The van der Waals surface area contributed by atoms with Crippen LogP contribution in [0.2, 0.25) is 0 Å². The lowest BCUT2D eigenvalue weighted by atomic mass is 10.0. The average molecular weight is 348 g/mol. The second kappa shape index (κ2) is 6.29. The van der Waals surface area contributed by atoms with Crippen molar-refractivity contribution in [3.63, 3.8) is 0 Å². The number of hydrogen-bond donors (Lipinski definition) is 1. The molecule has 3 aromatic heterocycles. The molecule has 3 heterocycles. The third kappa shape index (κ3) is 2.73. The summed E-state index contributed by atoms with van der Waals surface area (Å²) in [6, 6.07) is 9.52. The fourth-order valence-corrected chi connectivity index (χ4v) is 3.21. The van der Waals surface area contributed by atoms with Gasteiger partial charge in [0.1, 0.15) is 5.58 Å². The van der Waals surface area contributed by atoms with Gasteiger partial charge in [0.15, 0.2) is 11.5 Å². The number of nitrogens with one attached hydrogen (secondary N) is 1. The molecule has 4 aromatic rings. The van der Waals surface area contributed by atoms with Crippen LogP contribution in [-0.2, 0) is 11.2 Å². The predicted molar refractivity (Wildman–Crippen MR) is 98.9 cm³/mol. The summed E-state index contributed by atoms with van der Waals surface area (Å²) in [6.45, 7) is 5.99. The molecular formula is C20H20N4O2. The molecule has 0 aliphatic carbocycles. The molecule has 1 atom stereocenters. The van der Waals surface area contributed by atoms with Crippen LogP contribution in [0, 0.1) is 13.8 Å². The molecule has 4 rings (SSSR count). The van der Waals surface area contributed by atoms with Crippen molar-refractivity contribution in [2.24, 2.45) is 0 Å². The molecule has 132 valence electrons. The van der Waals surface area contributed by atoms with Gasteiger partial charge in [-0.2, -0.15) is 0 Å². The Labute approximate surface area is 150 Å². The molecule has 0 aliphatic heterocycles. The maximum Gasteiger partial charge on any atom is 0.225 e. The zero-order valence-corrected chi connectivity index (χ0v) is 15.0. The van der Waals surface area contributed by atoms with E-state index in [-0.39, 0.29) is 18.4 Å². The molecule has 0 saturated carbocycles. The van der Waals surface area contributed by atoms with E-state index in [1.54, 1.807) is 6.26 Å². The van der Waals surface area contributed by atoms with Crippen molar-refractivity contribution < 1.29 is 9.21 Å². The molecule has 0 aliphatic rings. The molecule has 26 heavy (non-hydrogen) atoms. The lowest BCUT2D eigenvalue weighted by Crippen LogP contribution is -2.29. The zero-order valence-electron chi connectivity index (χ0n) is 15.0. The molecule has 0 saturated heterocycles. The molecule has 0 radical (unpaired) electrons. The number of nitrogens with zero attached hydrogens (tertiary/aromatic N) is 3. The number of pyridine rings is 1. The van der Waals surface area contributed by atoms with E-state index in [2.05, 4.69) is 21.6 Å². The van der Waals surface area contributed by atoms with E-state index in [0.717, 1.165) is 27.7 Å². The second-order valence-electron chi connectivity index (χ2n) is 6.60. The minimum absolute atomic E-state index is 0.0777. The topological polar surface area (TPSA) is 72.4 Å². The molecule has 0 spiro atoms. The summed E-state index contributed by atoms with van der Waals surface area (Å²) < 4.78 is 7.57. The SMILES string of the molecule is Cc1ccc2c(CC(=O)N[C@H](C)c3nnc4ccccn34)coc2c1C. The number of carbonyl (C=O) groups is 1. The fraction of sp³-hybridized carbons (Fsp3) is 0.250. The second-order valence-corrected chi connectivity index (χ2v) is 6.60. The van der Waals surface area contributed by atoms with Crippen LogP contribution in [-0.4, -0.2) is 20.5 Å². The summed E-state index contributed by atoms with van der Waals surface area (Å²) >= 11 is 0. The van der Waals surface area contributed by atoms with Crippen molar-refractivity contribution in [1.29, 1.82) is 0 Å². The van der Waals surface area contributed by atoms with Gasteiger partial charge < -0.3 is 9.73 Å². The van der Waals surface area contributed by atoms with E-state index in [1.807, 2.05) is 55.6 Å².